The van der Waals surface area contributed by atoms with Gasteiger partial charge in [-0.3, -0.25) is 9.69 Å². The Morgan fingerprint density at radius 3 is 2.96 bits per heavy atom. The van der Waals surface area contributed by atoms with Crippen molar-refractivity contribution in [1.82, 2.24) is 10.2 Å². The number of amides is 1. The van der Waals surface area contributed by atoms with Crippen molar-refractivity contribution in [2.75, 3.05) is 45.2 Å². The SMILES string of the molecule is CN(C)c1cccc([C@H]2CCCN2CC(=O)NC[C@@H]2CCCO2)c1. The Kier molecular flexibility index (Phi) is 5.74. The number of carbonyl (C=O) groups excluding carboxylic acids is 1. The average Bonchev–Trinajstić information content (AvgIpc) is 3.24. The van der Waals surface area contributed by atoms with E-state index < -0.39 is 0 Å². The van der Waals surface area contributed by atoms with Gasteiger partial charge < -0.3 is 15.0 Å². The molecule has 2 heterocycles. The predicted octanol–water partition coefficient (Wildman–Crippen LogP) is 2.18. The molecule has 3 rings (SSSR count). The molecule has 1 aromatic rings. The fraction of sp³-hybridized carbons (Fsp3) is 0.632. The van der Waals surface area contributed by atoms with Gasteiger partial charge in [0.05, 0.1) is 12.6 Å². The lowest BCUT2D eigenvalue weighted by molar-refractivity contribution is -0.123. The van der Waals surface area contributed by atoms with Crippen LogP contribution in [0.4, 0.5) is 5.69 Å². The number of rotatable bonds is 6. The zero-order valence-corrected chi connectivity index (χ0v) is 14.8. The van der Waals surface area contributed by atoms with Gasteiger partial charge in [-0.15, -0.1) is 0 Å². The van der Waals surface area contributed by atoms with Crippen LogP contribution in [-0.4, -0.2) is 57.2 Å². The maximum Gasteiger partial charge on any atom is 0.234 e. The Morgan fingerprint density at radius 2 is 2.21 bits per heavy atom. The monoisotopic (exact) mass is 331 g/mol. The van der Waals surface area contributed by atoms with Gasteiger partial charge in [0.2, 0.25) is 5.91 Å². The number of benzene rings is 1. The van der Waals surface area contributed by atoms with Crippen LogP contribution < -0.4 is 10.2 Å². The first kappa shape index (κ1) is 17.2. The van der Waals surface area contributed by atoms with Gasteiger partial charge in [0.15, 0.2) is 0 Å². The summed E-state index contributed by atoms with van der Waals surface area (Å²) in [6.07, 6.45) is 4.65. The Morgan fingerprint density at radius 1 is 1.33 bits per heavy atom. The number of likely N-dealkylation sites (tertiary alicyclic amines) is 1. The van der Waals surface area contributed by atoms with Crippen LogP contribution >= 0.6 is 0 Å². The second-order valence-electron chi connectivity index (χ2n) is 7.06. The molecule has 2 fully saturated rings. The van der Waals surface area contributed by atoms with Gasteiger partial charge in [-0.05, 0) is 49.9 Å². The van der Waals surface area contributed by atoms with Crippen molar-refractivity contribution in [3.05, 3.63) is 29.8 Å². The summed E-state index contributed by atoms with van der Waals surface area (Å²) in [4.78, 5) is 16.7. The van der Waals surface area contributed by atoms with Crippen LogP contribution in [0.5, 0.6) is 0 Å². The molecule has 5 heteroatoms. The maximum atomic E-state index is 12.3. The molecule has 0 saturated carbocycles. The molecule has 0 unspecified atom stereocenters. The molecule has 2 aliphatic rings. The smallest absolute Gasteiger partial charge is 0.234 e. The minimum Gasteiger partial charge on any atom is -0.378 e. The van der Waals surface area contributed by atoms with E-state index >= 15 is 0 Å². The van der Waals surface area contributed by atoms with Crippen LogP contribution in [0.1, 0.15) is 37.3 Å². The van der Waals surface area contributed by atoms with Crippen molar-refractivity contribution in [2.45, 2.75) is 37.8 Å². The van der Waals surface area contributed by atoms with Gasteiger partial charge in [-0.25, -0.2) is 0 Å². The average molecular weight is 331 g/mol. The van der Waals surface area contributed by atoms with Crippen molar-refractivity contribution < 1.29 is 9.53 Å². The molecule has 0 radical (unpaired) electrons. The summed E-state index contributed by atoms with van der Waals surface area (Å²) < 4.78 is 5.57. The summed E-state index contributed by atoms with van der Waals surface area (Å²) in [6.45, 7) is 2.94. The van der Waals surface area contributed by atoms with E-state index in [1.165, 1.54) is 11.3 Å². The summed E-state index contributed by atoms with van der Waals surface area (Å²) in [5.41, 5.74) is 2.52. The van der Waals surface area contributed by atoms with E-state index in [4.69, 9.17) is 4.74 Å². The van der Waals surface area contributed by atoms with E-state index in [-0.39, 0.29) is 12.0 Å². The molecule has 0 aromatic heterocycles. The Hall–Kier alpha value is -1.59. The van der Waals surface area contributed by atoms with Crippen molar-refractivity contribution in [1.29, 1.82) is 0 Å². The molecule has 2 atom stereocenters. The van der Waals surface area contributed by atoms with Gasteiger partial charge in [-0.2, -0.15) is 0 Å². The van der Waals surface area contributed by atoms with Crippen LogP contribution in [0.25, 0.3) is 0 Å². The zero-order chi connectivity index (χ0) is 16.9. The van der Waals surface area contributed by atoms with E-state index in [0.29, 0.717) is 19.1 Å². The van der Waals surface area contributed by atoms with Gasteiger partial charge in [0.25, 0.3) is 0 Å². The van der Waals surface area contributed by atoms with Crippen LogP contribution in [0.15, 0.2) is 24.3 Å². The molecular weight excluding hydrogens is 302 g/mol. The highest BCUT2D eigenvalue weighted by molar-refractivity contribution is 5.78. The number of anilines is 1. The molecule has 1 amide bonds. The third kappa shape index (κ3) is 4.28. The lowest BCUT2D eigenvalue weighted by Crippen LogP contribution is -2.40. The van der Waals surface area contributed by atoms with Gasteiger partial charge >= 0.3 is 0 Å². The summed E-state index contributed by atoms with van der Waals surface area (Å²) in [5, 5.41) is 3.04. The zero-order valence-electron chi connectivity index (χ0n) is 14.8. The molecular formula is C19H29N3O2. The standard InChI is InChI=1S/C19H29N3O2/c1-21(2)16-7-3-6-15(12-16)18-9-4-10-22(18)14-19(23)20-13-17-8-5-11-24-17/h3,6-7,12,17-18H,4-5,8-11,13-14H2,1-2H3,(H,20,23)/t17-,18+/m0/s1. The Balaban J connectivity index is 1.56. The first-order valence-electron chi connectivity index (χ1n) is 9.03. The minimum atomic E-state index is 0.112. The normalized spacial score (nSPS) is 24.2. The van der Waals surface area contributed by atoms with Gasteiger partial charge in [0.1, 0.15) is 0 Å². The number of hydrogen-bond donors (Lipinski definition) is 1. The third-order valence-corrected chi connectivity index (χ3v) is 5.03. The lowest BCUT2D eigenvalue weighted by Gasteiger charge is -2.25. The first-order chi connectivity index (χ1) is 11.6. The first-order valence-corrected chi connectivity index (χ1v) is 9.03. The quantitative estimate of drug-likeness (QED) is 0.868. The minimum absolute atomic E-state index is 0.112. The van der Waals surface area contributed by atoms with Crippen LogP contribution in [0.3, 0.4) is 0 Å². The molecule has 2 aliphatic heterocycles. The number of nitrogens with one attached hydrogen (secondary N) is 1. The fourth-order valence-corrected chi connectivity index (χ4v) is 3.68. The topological polar surface area (TPSA) is 44.8 Å². The largest absolute Gasteiger partial charge is 0.378 e. The number of nitrogens with zero attached hydrogens (tertiary/aromatic N) is 2. The third-order valence-electron chi connectivity index (χ3n) is 5.03. The second-order valence-corrected chi connectivity index (χ2v) is 7.06. The molecule has 0 aliphatic carbocycles. The van der Waals surface area contributed by atoms with Crippen LogP contribution in [0, 0.1) is 0 Å². The van der Waals surface area contributed by atoms with E-state index in [2.05, 4.69) is 53.5 Å². The summed E-state index contributed by atoms with van der Waals surface area (Å²) in [6, 6.07) is 9.00. The summed E-state index contributed by atoms with van der Waals surface area (Å²) in [5.74, 6) is 0.112. The number of ether oxygens (including phenoxy) is 1. The van der Waals surface area contributed by atoms with Crippen molar-refractivity contribution in [3.8, 4) is 0 Å². The van der Waals surface area contributed by atoms with Crippen molar-refractivity contribution >= 4 is 11.6 Å². The molecule has 1 N–H and O–H groups in total. The fourth-order valence-electron chi connectivity index (χ4n) is 3.68. The predicted molar refractivity (Wildman–Crippen MR) is 96.3 cm³/mol. The van der Waals surface area contributed by atoms with Crippen molar-refractivity contribution in [2.24, 2.45) is 0 Å². The van der Waals surface area contributed by atoms with E-state index in [1.807, 2.05) is 0 Å². The summed E-state index contributed by atoms with van der Waals surface area (Å²) >= 11 is 0. The molecule has 1 aromatic carbocycles. The Labute approximate surface area is 145 Å². The molecule has 2 saturated heterocycles. The highest BCUT2D eigenvalue weighted by atomic mass is 16.5. The molecule has 24 heavy (non-hydrogen) atoms. The maximum absolute atomic E-state index is 12.3. The van der Waals surface area contributed by atoms with E-state index in [9.17, 15) is 4.79 Å². The van der Waals surface area contributed by atoms with Crippen LogP contribution in [-0.2, 0) is 9.53 Å². The number of carbonyl (C=O) groups is 1. The highest BCUT2D eigenvalue weighted by Crippen LogP contribution is 2.33. The second kappa shape index (κ2) is 7.99. The highest BCUT2D eigenvalue weighted by Gasteiger charge is 2.28. The van der Waals surface area contributed by atoms with Gasteiger partial charge in [0, 0.05) is 39.0 Å². The Bertz CT molecular complexity index is 555. The van der Waals surface area contributed by atoms with Crippen LogP contribution in [0.2, 0.25) is 0 Å². The number of hydrogen-bond acceptors (Lipinski definition) is 4. The molecule has 132 valence electrons. The van der Waals surface area contributed by atoms with Gasteiger partial charge in [-0.1, -0.05) is 12.1 Å². The van der Waals surface area contributed by atoms with Crippen molar-refractivity contribution in [3.63, 3.8) is 0 Å². The lowest BCUT2D eigenvalue weighted by atomic mass is 10.0. The van der Waals surface area contributed by atoms with E-state index in [1.54, 1.807) is 0 Å². The molecule has 0 spiro atoms. The summed E-state index contributed by atoms with van der Waals surface area (Å²) in [7, 11) is 4.12. The molecule has 0 bridgehead atoms. The molecule has 5 nitrogen and oxygen atoms in total. The van der Waals surface area contributed by atoms with E-state index in [0.717, 1.165) is 38.8 Å².